The van der Waals surface area contributed by atoms with Crippen LogP contribution in [0.2, 0.25) is 0 Å². The number of thioether (sulfide) groups is 1. The third-order valence-electron chi connectivity index (χ3n) is 1.61. The second-order valence-corrected chi connectivity index (χ2v) is 5.25. The second kappa shape index (κ2) is 5.36. The number of nitrogens with one attached hydrogen (secondary N) is 2. The van der Waals surface area contributed by atoms with Crippen LogP contribution >= 0.6 is 11.8 Å². The van der Waals surface area contributed by atoms with E-state index in [1.165, 1.54) is 6.33 Å². The van der Waals surface area contributed by atoms with Crippen molar-refractivity contribution >= 4 is 11.8 Å². The molecule has 0 atom stereocenters. The van der Waals surface area contributed by atoms with E-state index in [1.54, 1.807) is 11.8 Å². The van der Waals surface area contributed by atoms with Crippen LogP contribution in [-0.4, -0.2) is 33.0 Å². The van der Waals surface area contributed by atoms with Crippen LogP contribution in [0, 0.1) is 0 Å². The standard InChI is InChI=1S/C9H18N4S/c1-9(2,3)11-5-4-6-14-8-10-7-12-13-8/h7,11H,4-6H2,1-3H3,(H,10,12,13). The molecule has 0 saturated heterocycles. The fraction of sp³-hybridized carbons (Fsp3) is 0.778. The molecule has 4 nitrogen and oxygen atoms in total. The summed E-state index contributed by atoms with van der Waals surface area (Å²) >= 11 is 1.71. The Balaban J connectivity index is 2.00. The third kappa shape index (κ3) is 5.24. The van der Waals surface area contributed by atoms with Crippen LogP contribution in [0.5, 0.6) is 0 Å². The predicted molar refractivity (Wildman–Crippen MR) is 59.5 cm³/mol. The van der Waals surface area contributed by atoms with Gasteiger partial charge in [-0.15, -0.1) is 0 Å². The average Bonchev–Trinajstić information content (AvgIpc) is 2.54. The zero-order chi connectivity index (χ0) is 10.4. The molecule has 1 rings (SSSR count). The van der Waals surface area contributed by atoms with Gasteiger partial charge in [-0.1, -0.05) is 11.8 Å². The number of aromatic nitrogens is 3. The van der Waals surface area contributed by atoms with Gasteiger partial charge in [-0.05, 0) is 33.7 Å². The SMILES string of the molecule is CC(C)(C)NCCCSc1ncn[nH]1. The molecule has 0 aliphatic heterocycles. The smallest absolute Gasteiger partial charge is 0.183 e. The summed E-state index contributed by atoms with van der Waals surface area (Å²) in [4.78, 5) is 4.04. The average molecular weight is 214 g/mol. The van der Waals surface area contributed by atoms with E-state index in [0.29, 0.717) is 0 Å². The van der Waals surface area contributed by atoms with Gasteiger partial charge in [0.05, 0.1) is 0 Å². The Labute approximate surface area is 89.3 Å². The molecule has 0 amide bonds. The zero-order valence-electron chi connectivity index (χ0n) is 9.00. The highest BCUT2D eigenvalue weighted by atomic mass is 32.2. The van der Waals surface area contributed by atoms with Gasteiger partial charge in [0, 0.05) is 11.3 Å². The summed E-state index contributed by atoms with van der Waals surface area (Å²) in [6, 6.07) is 0. The normalized spacial score (nSPS) is 11.9. The van der Waals surface area contributed by atoms with Crippen LogP contribution in [-0.2, 0) is 0 Å². The molecule has 1 heterocycles. The van der Waals surface area contributed by atoms with E-state index in [1.807, 2.05) is 0 Å². The van der Waals surface area contributed by atoms with Crippen LogP contribution in [0.25, 0.3) is 0 Å². The number of hydrogen-bond acceptors (Lipinski definition) is 4. The van der Waals surface area contributed by atoms with E-state index in [-0.39, 0.29) is 5.54 Å². The first-order valence-corrected chi connectivity index (χ1v) is 5.80. The first-order chi connectivity index (χ1) is 6.58. The number of H-pyrrole nitrogens is 1. The van der Waals surface area contributed by atoms with Crippen LogP contribution in [0.1, 0.15) is 27.2 Å². The minimum absolute atomic E-state index is 0.219. The van der Waals surface area contributed by atoms with E-state index in [0.717, 1.165) is 23.9 Å². The molecular formula is C9H18N4S. The summed E-state index contributed by atoms with van der Waals surface area (Å²) in [7, 11) is 0. The van der Waals surface area contributed by atoms with Crippen molar-refractivity contribution in [2.45, 2.75) is 37.9 Å². The molecule has 0 bridgehead atoms. The molecule has 0 spiro atoms. The monoisotopic (exact) mass is 214 g/mol. The van der Waals surface area contributed by atoms with E-state index in [2.05, 4.69) is 41.3 Å². The quantitative estimate of drug-likeness (QED) is 0.578. The summed E-state index contributed by atoms with van der Waals surface area (Å²) in [5.74, 6) is 1.07. The van der Waals surface area contributed by atoms with Gasteiger partial charge in [0.25, 0.3) is 0 Å². The summed E-state index contributed by atoms with van der Waals surface area (Å²) in [5.41, 5.74) is 0.219. The molecule has 0 saturated carbocycles. The topological polar surface area (TPSA) is 53.6 Å². The Kier molecular flexibility index (Phi) is 4.41. The van der Waals surface area contributed by atoms with Crippen LogP contribution in [0.15, 0.2) is 11.5 Å². The molecule has 1 aromatic rings. The fourth-order valence-electron chi connectivity index (χ4n) is 0.968. The molecule has 2 N–H and O–H groups in total. The van der Waals surface area contributed by atoms with Gasteiger partial charge < -0.3 is 5.32 Å². The molecule has 0 fully saturated rings. The lowest BCUT2D eigenvalue weighted by molar-refractivity contribution is 0.427. The minimum atomic E-state index is 0.219. The Morgan fingerprint density at radius 2 is 2.29 bits per heavy atom. The predicted octanol–water partition coefficient (Wildman–Crippen LogP) is 1.67. The van der Waals surface area contributed by atoms with E-state index < -0.39 is 0 Å². The summed E-state index contributed by atoms with van der Waals surface area (Å²) in [6.07, 6.45) is 2.68. The van der Waals surface area contributed by atoms with Gasteiger partial charge in [0.2, 0.25) is 0 Å². The van der Waals surface area contributed by atoms with Gasteiger partial charge in [-0.25, -0.2) is 4.98 Å². The molecule has 0 aliphatic rings. The molecular weight excluding hydrogens is 196 g/mol. The zero-order valence-corrected chi connectivity index (χ0v) is 9.82. The molecule has 80 valence electrons. The molecule has 14 heavy (non-hydrogen) atoms. The lowest BCUT2D eigenvalue weighted by Crippen LogP contribution is -2.36. The third-order valence-corrected chi connectivity index (χ3v) is 2.57. The molecule has 1 aromatic heterocycles. The molecule has 0 aliphatic carbocycles. The first-order valence-electron chi connectivity index (χ1n) is 4.81. The number of hydrogen-bond donors (Lipinski definition) is 2. The van der Waals surface area contributed by atoms with Crippen LogP contribution < -0.4 is 5.32 Å². The van der Waals surface area contributed by atoms with Gasteiger partial charge in [-0.2, -0.15) is 5.10 Å². The highest BCUT2D eigenvalue weighted by Crippen LogP contribution is 2.11. The van der Waals surface area contributed by atoms with Crippen molar-refractivity contribution < 1.29 is 0 Å². The summed E-state index contributed by atoms with van der Waals surface area (Å²) < 4.78 is 0. The Bertz CT molecular complexity index is 240. The van der Waals surface area contributed by atoms with Crippen LogP contribution in [0.3, 0.4) is 0 Å². The number of aromatic amines is 1. The molecule has 0 aromatic carbocycles. The van der Waals surface area contributed by atoms with Crippen molar-refractivity contribution in [1.29, 1.82) is 0 Å². The fourth-order valence-corrected chi connectivity index (χ4v) is 1.69. The highest BCUT2D eigenvalue weighted by molar-refractivity contribution is 7.99. The minimum Gasteiger partial charge on any atom is -0.312 e. The summed E-state index contributed by atoms with van der Waals surface area (Å²) in [6.45, 7) is 7.58. The Hall–Kier alpha value is -0.550. The van der Waals surface area contributed by atoms with Gasteiger partial charge in [0.1, 0.15) is 6.33 Å². The van der Waals surface area contributed by atoms with Crippen LogP contribution in [0.4, 0.5) is 0 Å². The summed E-state index contributed by atoms with van der Waals surface area (Å²) in [5, 5.41) is 11.0. The van der Waals surface area contributed by atoms with Crippen molar-refractivity contribution in [3.63, 3.8) is 0 Å². The molecule has 0 radical (unpaired) electrons. The Morgan fingerprint density at radius 1 is 1.50 bits per heavy atom. The molecule has 5 heteroatoms. The van der Waals surface area contributed by atoms with Crippen molar-refractivity contribution in [2.75, 3.05) is 12.3 Å². The largest absolute Gasteiger partial charge is 0.312 e. The van der Waals surface area contributed by atoms with E-state index in [4.69, 9.17) is 0 Å². The lowest BCUT2D eigenvalue weighted by Gasteiger charge is -2.20. The lowest BCUT2D eigenvalue weighted by atomic mass is 10.1. The number of rotatable bonds is 5. The van der Waals surface area contributed by atoms with Gasteiger partial charge >= 0.3 is 0 Å². The highest BCUT2D eigenvalue weighted by Gasteiger charge is 2.07. The maximum absolute atomic E-state index is 4.04. The van der Waals surface area contributed by atoms with Crippen molar-refractivity contribution in [1.82, 2.24) is 20.5 Å². The maximum atomic E-state index is 4.04. The van der Waals surface area contributed by atoms with E-state index in [9.17, 15) is 0 Å². The van der Waals surface area contributed by atoms with Gasteiger partial charge in [0.15, 0.2) is 5.16 Å². The Morgan fingerprint density at radius 3 is 2.86 bits per heavy atom. The molecule has 0 unspecified atom stereocenters. The second-order valence-electron chi connectivity index (χ2n) is 4.17. The van der Waals surface area contributed by atoms with Crippen molar-refractivity contribution in [2.24, 2.45) is 0 Å². The number of nitrogens with zero attached hydrogens (tertiary/aromatic N) is 2. The van der Waals surface area contributed by atoms with Gasteiger partial charge in [-0.3, -0.25) is 5.10 Å². The maximum Gasteiger partial charge on any atom is 0.183 e. The van der Waals surface area contributed by atoms with Crippen molar-refractivity contribution in [3.8, 4) is 0 Å². The van der Waals surface area contributed by atoms with E-state index >= 15 is 0 Å². The first kappa shape index (κ1) is 11.5. The van der Waals surface area contributed by atoms with Crippen molar-refractivity contribution in [3.05, 3.63) is 6.33 Å².